The van der Waals surface area contributed by atoms with E-state index in [1.54, 1.807) is 17.0 Å². The van der Waals surface area contributed by atoms with Gasteiger partial charge in [0, 0.05) is 42.5 Å². The van der Waals surface area contributed by atoms with E-state index >= 15 is 0 Å². The monoisotopic (exact) mass is 415 g/mol. The topological polar surface area (TPSA) is 72.7 Å². The maximum atomic E-state index is 12.2. The van der Waals surface area contributed by atoms with Crippen LogP contribution in [-0.2, 0) is 16.1 Å². The standard InChI is InChI=1S/C22H29N3O3.C2H6.H2/c1-7-16(12-23-8-2)24-17-9-10-20-18(11-17)19(15(3)26)13-25(20)14-21(27)28-22(4,5)6;1-2;/h7,9-13,24H,8,14H2,1-6H3;1-2H3;1H/b16-7+,23-12?;;. The number of fused-ring (bicyclic) bond motifs is 1. The second-order valence-electron chi connectivity index (χ2n) is 7.54. The highest BCUT2D eigenvalue weighted by molar-refractivity contribution is 6.08. The van der Waals surface area contributed by atoms with E-state index in [1.165, 1.54) is 6.92 Å². The first-order valence-electron chi connectivity index (χ1n) is 10.4. The molecule has 6 heteroatoms. The van der Waals surface area contributed by atoms with Gasteiger partial charge in [-0.2, -0.15) is 0 Å². The Morgan fingerprint density at radius 3 is 2.47 bits per heavy atom. The molecule has 2 aromatic rings. The van der Waals surface area contributed by atoms with Gasteiger partial charge in [-0.3, -0.25) is 14.6 Å². The summed E-state index contributed by atoms with van der Waals surface area (Å²) in [5.74, 6) is -0.391. The third kappa shape index (κ3) is 7.17. The summed E-state index contributed by atoms with van der Waals surface area (Å²) in [6, 6.07) is 5.74. The number of hydrogen-bond donors (Lipinski definition) is 1. The summed E-state index contributed by atoms with van der Waals surface area (Å²) in [5, 5.41) is 4.10. The van der Waals surface area contributed by atoms with Crippen LogP contribution in [0.25, 0.3) is 10.9 Å². The molecule has 1 aromatic heterocycles. The van der Waals surface area contributed by atoms with E-state index in [0.717, 1.165) is 22.3 Å². The number of hydrogen-bond acceptors (Lipinski definition) is 5. The summed E-state index contributed by atoms with van der Waals surface area (Å²) >= 11 is 0. The van der Waals surface area contributed by atoms with Gasteiger partial charge in [-0.1, -0.05) is 19.9 Å². The van der Waals surface area contributed by atoms with Crippen LogP contribution in [0.3, 0.4) is 0 Å². The summed E-state index contributed by atoms with van der Waals surface area (Å²) in [6.07, 6.45) is 5.43. The van der Waals surface area contributed by atoms with Crippen molar-refractivity contribution in [3.63, 3.8) is 0 Å². The normalized spacial score (nSPS) is 11.9. The number of Topliss-reactive ketones (excluding diaryl/α,β-unsaturated/α-hetero) is 1. The van der Waals surface area contributed by atoms with Crippen LogP contribution in [0.1, 0.15) is 67.2 Å². The molecule has 0 spiro atoms. The second-order valence-corrected chi connectivity index (χ2v) is 7.54. The van der Waals surface area contributed by atoms with Crippen molar-refractivity contribution in [1.29, 1.82) is 0 Å². The second kappa shape index (κ2) is 11.3. The van der Waals surface area contributed by atoms with Gasteiger partial charge in [0.25, 0.3) is 0 Å². The molecule has 0 saturated heterocycles. The van der Waals surface area contributed by atoms with Gasteiger partial charge in [0.2, 0.25) is 0 Å². The largest absolute Gasteiger partial charge is 0.459 e. The van der Waals surface area contributed by atoms with Crippen molar-refractivity contribution >= 4 is 34.6 Å². The predicted octanol–water partition coefficient (Wildman–Crippen LogP) is 5.86. The minimum Gasteiger partial charge on any atom is -0.459 e. The Morgan fingerprint density at radius 1 is 1.27 bits per heavy atom. The highest BCUT2D eigenvalue weighted by Crippen LogP contribution is 2.26. The average molecular weight is 416 g/mol. The Balaban J connectivity index is 0.00000291. The summed E-state index contributed by atoms with van der Waals surface area (Å²) < 4.78 is 7.17. The molecular formula is C24H37N3O3. The van der Waals surface area contributed by atoms with Gasteiger partial charge in [0.15, 0.2) is 5.78 Å². The number of ether oxygens (including phenoxy) is 1. The number of nitrogens with one attached hydrogen (secondary N) is 1. The van der Waals surface area contributed by atoms with E-state index in [2.05, 4.69) is 10.3 Å². The zero-order valence-electron chi connectivity index (χ0n) is 19.5. The maximum absolute atomic E-state index is 12.2. The van der Waals surface area contributed by atoms with Crippen LogP contribution >= 0.6 is 0 Å². The van der Waals surface area contributed by atoms with E-state index in [-0.39, 0.29) is 19.7 Å². The van der Waals surface area contributed by atoms with Gasteiger partial charge < -0.3 is 14.6 Å². The van der Waals surface area contributed by atoms with E-state index in [4.69, 9.17) is 4.74 Å². The number of anilines is 1. The van der Waals surface area contributed by atoms with Gasteiger partial charge in [0.05, 0.1) is 5.70 Å². The molecule has 2 rings (SSSR count). The molecule has 0 saturated carbocycles. The lowest BCUT2D eigenvalue weighted by Crippen LogP contribution is -2.26. The van der Waals surface area contributed by atoms with E-state index in [9.17, 15) is 9.59 Å². The lowest BCUT2D eigenvalue weighted by molar-refractivity contribution is -0.155. The third-order valence-electron chi connectivity index (χ3n) is 3.99. The summed E-state index contributed by atoms with van der Waals surface area (Å²) in [4.78, 5) is 28.6. The van der Waals surface area contributed by atoms with Gasteiger partial charge >= 0.3 is 5.97 Å². The number of carbonyl (C=O) groups is 2. The van der Waals surface area contributed by atoms with E-state index in [0.29, 0.717) is 12.1 Å². The van der Waals surface area contributed by atoms with Crippen LogP contribution < -0.4 is 5.32 Å². The van der Waals surface area contributed by atoms with Crippen molar-refractivity contribution in [2.24, 2.45) is 4.99 Å². The Kier molecular flexibility index (Phi) is 9.50. The Labute approximate surface area is 181 Å². The summed E-state index contributed by atoms with van der Waals surface area (Å²) in [7, 11) is 0. The van der Waals surface area contributed by atoms with Gasteiger partial charge in [-0.15, -0.1) is 0 Å². The lowest BCUT2D eigenvalue weighted by Gasteiger charge is -2.19. The highest BCUT2D eigenvalue weighted by atomic mass is 16.6. The van der Waals surface area contributed by atoms with E-state index in [1.807, 2.05) is 72.7 Å². The maximum Gasteiger partial charge on any atom is 0.326 e. The number of nitrogens with zero attached hydrogens (tertiary/aromatic N) is 2. The van der Waals surface area contributed by atoms with Crippen LogP contribution in [0.4, 0.5) is 5.69 Å². The van der Waals surface area contributed by atoms with Gasteiger partial charge in [-0.25, -0.2) is 0 Å². The molecule has 0 radical (unpaired) electrons. The third-order valence-corrected chi connectivity index (χ3v) is 3.99. The van der Waals surface area contributed by atoms with Crippen molar-refractivity contribution < 1.29 is 15.8 Å². The molecule has 30 heavy (non-hydrogen) atoms. The molecule has 0 atom stereocenters. The molecule has 0 amide bonds. The molecule has 0 unspecified atom stereocenters. The van der Waals surface area contributed by atoms with Crippen LogP contribution in [0.5, 0.6) is 0 Å². The zero-order valence-corrected chi connectivity index (χ0v) is 19.5. The molecule has 6 nitrogen and oxygen atoms in total. The molecule has 0 aliphatic rings. The average Bonchev–Trinajstić information content (AvgIpc) is 3.03. The first kappa shape index (κ1) is 25.1. The fraction of sp³-hybridized carbons (Fsp3) is 0.458. The van der Waals surface area contributed by atoms with Crippen molar-refractivity contribution in [3.8, 4) is 0 Å². The quantitative estimate of drug-likeness (QED) is 0.349. The number of carbonyl (C=O) groups excluding carboxylic acids is 2. The Bertz CT molecular complexity index is 937. The smallest absolute Gasteiger partial charge is 0.326 e. The molecule has 0 fully saturated rings. The first-order chi connectivity index (χ1) is 14.1. The Morgan fingerprint density at radius 2 is 1.93 bits per heavy atom. The number of aliphatic imine (C=N–C) groups is 1. The minimum absolute atomic E-state index is 0. The van der Waals surface area contributed by atoms with Crippen molar-refractivity contribution in [3.05, 3.63) is 41.7 Å². The number of benzene rings is 1. The van der Waals surface area contributed by atoms with Crippen LogP contribution in [0.15, 0.2) is 41.2 Å². The predicted molar refractivity (Wildman–Crippen MR) is 128 cm³/mol. The first-order valence-corrected chi connectivity index (χ1v) is 10.4. The van der Waals surface area contributed by atoms with E-state index < -0.39 is 5.60 Å². The minimum atomic E-state index is -0.552. The summed E-state index contributed by atoms with van der Waals surface area (Å²) in [5.41, 5.74) is 2.56. The molecule has 1 aromatic carbocycles. The van der Waals surface area contributed by atoms with Gasteiger partial charge in [-0.05, 0) is 59.7 Å². The van der Waals surface area contributed by atoms with Gasteiger partial charge in [0.1, 0.15) is 12.1 Å². The SMILES string of the molecule is C/C=C(\C=NCC)Nc1ccc2c(c1)c(C(C)=O)cn2CC(=O)OC(C)(C)C.CC.[HH]. The molecule has 0 aliphatic carbocycles. The van der Waals surface area contributed by atoms with Crippen molar-refractivity contribution in [2.45, 2.75) is 67.5 Å². The molecular weight excluding hydrogens is 378 g/mol. The number of allylic oxidation sites excluding steroid dienone is 2. The number of esters is 1. The highest BCUT2D eigenvalue weighted by Gasteiger charge is 2.19. The fourth-order valence-electron chi connectivity index (χ4n) is 2.83. The molecule has 0 bridgehead atoms. The Hall–Kier alpha value is -2.89. The number of ketones is 1. The zero-order chi connectivity index (χ0) is 22.9. The van der Waals surface area contributed by atoms with Crippen LogP contribution in [0.2, 0.25) is 0 Å². The molecule has 166 valence electrons. The van der Waals surface area contributed by atoms with Crippen LogP contribution in [-0.4, -0.2) is 34.7 Å². The number of aromatic nitrogens is 1. The van der Waals surface area contributed by atoms with Crippen LogP contribution in [0, 0.1) is 0 Å². The summed E-state index contributed by atoms with van der Waals surface area (Å²) in [6.45, 7) is 15.7. The number of rotatable bonds is 7. The molecule has 0 aliphatic heterocycles. The van der Waals surface area contributed by atoms with Crippen molar-refractivity contribution in [1.82, 2.24) is 4.57 Å². The van der Waals surface area contributed by atoms with Crippen molar-refractivity contribution in [2.75, 3.05) is 11.9 Å². The lowest BCUT2D eigenvalue weighted by atomic mass is 10.1. The molecule has 1 N–H and O–H groups in total. The fourth-order valence-corrected chi connectivity index (χ4v) is 2.83. The molecule has 1 heterocycles.